The van der Waals surface area contributed by atoms with E-state index in [1.54, 1.807) is 14.2 Å². The normalized spacial score (nSPS) is 17.7. The van der Waals surface area contributed by atoms with E-state index in [-0.39, 0.29) is 12.1 Å². The number of methoxy groups -OCH3 is 2. The molecule has 218 valence electrons. The molecule has 2 fully saturated rings. The molecular weight excluding hydrogens is 526 g/mol. The fourth-order valence-corrected chi connectivity index (χ4v) is 6.10. The topological polar surface area (TPSA) is 74.6 Å². The van der Waals surface area contributed by atoms with Crippen LogP contribution < -0.4 is 19.5 Å². The van der Waals surface area contributed by atoms with Gasteiger partial charge in [0.25, 0.3) is 0 Å². The first kappa shape index (κ1) is 28.0. The molecule has 2 aliphatic rings. The first-order valence-electron chi connectivity index (χ1n) is 15.0. The molecule has 7 nitrogen and oxygen atoms in total. The standard InChI is InChI=1S/C35H39N3O4/c1-23(32-9-4-5-18-36-32)42-35-31(24-10-14-29(40-2)15-11-24)19-26(22-39)33(27-20-37-38(21-27)28-7-6-8-28)34(35)25-12-16-30(41-3)17-13-25/h10-17,19-23,28,32,36H,4-9,18H2,1-3H3. The second-order valence-electron chi connectivity index (χ2n) is 11.3. The molecule has 1 saturated heterocycles. The number of aldehydes is 1. The van der Waals surface area contributed by atoms with Gasteiger partial charge in [-0.05, 0) is 87.0 Å². The van der Waals surface area contributed by atoms with E-state index in [1.807, 2.05) is 60.8 Å². The lowest BCUT2D eigenvalue weighted by Gasteiger charge is -2.31. The number of carbonyl (C=O) groups excluding carboxylic acids is 1. The maximum absolute atomic E-state index is 12.8. The van der Waals surface area contributed by atoms with Crippen LogP contribution in [0.1, 0.15) is 61.8 Å². The van der Waals surface area contributed by atoms with Crippen molar-refractivity contribution in [1.82, 2.24) is 15.1 Å². The fourth-order valence-electron chi connectivity index (χ4n) is 6.10. The highest BCUT2D eigenvalue weighted by Gasteiger charge is 2.29. The molecule has 4 aromatic rings. The van der Waals surface area contributed by atoms with E-state index >= 15 is 0 Å². The number of rotatable bonds is 10. The van der Waals surface area contributed by atoms with Gasteiger partial charge in [-0.1, -0.05) is 30.7 Å². The summed E-state index contributed by atoms with van der Waals surface area (Å²) >= 11 is 0. The van der Waals surface area contributed by atoms with Gasteiger partial charge in [-0.3, -0.25) is 9.48 Å². The summed E-state index contributed by atoms with van der Waals surface area (Å²) in [5.41, 5.74) is 5.97. The maximum Gasteiger partial charge on any atom is 0.150 e. The minimum absolute atomic E-state index is 0.0908. The van der Waals surface area contributed by atoms with Crippen LogP contribution in [-0.2, 0) is 0 Å². The first-order valence-corrected chi connectivity index (χ1v) is 15.0. The predicted molar refractivity (Wildman–Crippen MR) is 166 cm³/mol. The van der Waals surface area contributed by atoms with Crippen LogP contribution >= 0.6 is 0 Å². The Morgan fingerprint density at radius 2 is 1.57 bits per heavy atom. The van der Waals surface area contributed by atoms with E-state index in [2.05, 4.69) is 23.1 Å². The van der Waals surface area contributed by atoms with Crippen molar-refractivity contribution < 1.29 is 19.0 Å². The number of benzene rings is 3. The molecule has 1 N–H and O–H groups in total. The molecule has 1 aliphatic heterocycles. The Balaban J connectivity index is 1.59. The highest BCUT2D eigenvalue weighted by atomic mass is 16.5. The van der Waals surface area contributed by atoms with Gasteiger partial charge in [-0.15, -0.1) is 0 Å². The van der Waals surface area contributed by atoms with Gasteiger partial charge in [0.2, 0.25) is 0 Å². The van der Waals surface area contributed by atoms with Gasteiger partial charge in [0.05, 0.1) is 26.5 Å². The average Bonchev–Trinajstić information content (AvgIpc) is 3.49. The van der Waals surface area contributed by atoms with Crippen LogP contribution in [-0.4, -0.2) is 49.0 Å². The Morgan fingerprint density at radius 3 is 2.14 bits per heavy atom. The highest BCUT2D eigenvalue weighted by Crippen LogP contribution is 2.48. The molecule has 0 spiro atoms. The lowest BCUT2D eigenvalue weighted by Crippen LogP contribution is -2.44. The second-order valence-corrected chi connectivity index (χ2v) is 11.3. The number of hydrogen-bond donors (Lipinski definition) is 1. The lowest BCUT2D eigenvalue weighted by atomic mass is 9.86. The van der Waals surface area contributed by atoms with Crippen molar-refractivity contribution in [1.29, 1.82) is 0 Å². The molecule has 7 heteroatoms. The zero-order valence-electron chi connectivity index (χ0n) is 24.6. The zero-order valence-corrected chi connectivity index (χ0v) is 24.6. The first-order chi connectivity index (χ1) is 20.6. The molecule has 0 bridgehead atoms. The van der Waals surface area contributed by atoms with Gasteiger partial charge in [-0.2, -0.15) is 5.10 Å². The van der Waals surface area contributed by atoms with E-state index in [1.165, 1.54) is 19.3 Å². The number of nitrogens with one attached hydrogen (secondary N) is 1. The van der Waals surface area contributed by atoms with Gasteiger partial charge in [0.1, 0.15) is 23.4 Å². The molecule has 3 aromatic carbocycles. The van der Waals surface area contributed by atoms with E-state index < -0.39 is 0 Å². The third-order valence-electron chi connectivity index (χ3n) is 8.77. The molecule has 1 saturated carbocycles. The molecule has 2 unspecified atom stereocenters. The molecule has 2 heterocycles. The fraction of sp³-hybridized carbons (Fsp3) is 0.371. The molecule has 0 radical (unpaired) electrons. The summed E-state index contributed by atoms with van der Waals surface area (Å²) in [6.07, 6.45) is 11.7. The van der Waals surface area contributed by atoms with Crippen LogP contribution in [0.3, 0.4) is 0 Å². The smallest absolute Gasteiger partial charge is 0.150 e. The van der Waals surface area contributed by atoms with Crippen molar-refractivity contribution in [2.24, 2.45) is 0 Å². The molecule has 0 amide bonds. The minimum atomic E-state index is -0.0908. The number of nitrogens with zero attached hydrogens (tertiary/aromatic N) is 2. The summed E-state index contributed by atoms with van der Waals surface area (Å²) in [4.78, 5) is 12.8. The predicted octanol–water partition coefficient (Wildman–Crippen LogP) is 7.35. The van der Waals surface area contributed by atoms with Crippen LogP contribution in [0, 0.1) is 0 Å². The van der Waals surface area contributed by atoms with Crippen molar-refractivity contribution in [3.05, 3.63) is 72.6 Å². The molecular formula is C35H39N3O4. The van der Waals surface area contributed by atoms with Gasteiger partial charge in [-0.25, -0.2) is 0 Å². The van der Waals surface area contributed by atoms with Crippen molar-refractivity contribution in [3.8, 4) is 50.6 Å². The summed E-state index contributed by atoms with van der Waals surface area (Å²) in [6, 6.07) is 18.5. The maximum atomic E-state index is 12.8. The quantitative estimate of drug-likeness (QED) is 0.203. The molecule has 6 rings (SSSR count). The van der Waals surface area contributed by atoms with E-state index in [0.29, 0.717) is 11.6 Å². The molecule has 2 atom stereocenters. The van der Waals surface area contributed by atoms with Crippen molar-refractivity contribution >= 4 is 6.29 Å². The number of ether oxygens (including phenoxy) is 3. The van der Waals surface area contributed by atoms with Gasteiger partial charge in [0, 0.05) is 40.1 Å². The monoisotopic (exact) mass is 565 g/mol. The van der Waals surface area contributed by atoms with Crippen LogP contribution in [0.5, 0.6) is 17.2 Å². The largest absolute Gasteiger partial charge is 0.497 e. The third kappa shape index (κ3) is 5.53. The van der Waals surface area contributed by atoms with Crippen molar-refractivity contribution in [2.45, 2.75) is 63.6 Å². The summed E-state index contributed by atoms with van der Waals surface area (Å²) < 4.78 is 20.0. The van der Waals surface area contributed by atoms with Gasteiger partial charge < -0.3 is 19.5 Å². The Kier molecular flexibility index (Phi) is 8.29. The summed E-state index contributed by atoms with van der Waals surface area (Å²) in [5, 5.41) is 8.39. The molecule has 42 heavy (non-hydrogen) atoms. The van der Waals surface area contributed by atoms with E-state index in [0.717, 1.165) is 82.7 Å². The Hall–Kier alpha value is -4.10. The van der Waals surface area contributed by atoms with Crippen LogP contribution in [0.4, 0.5) is 0 Å². The number of piperidine rings is 1. The molecule has 1 aromatic heterocycles. The van der Waals surface area contributed by atoms with Gasteiger partial charge in [0.15, 0.2) is 6.29 Å². The van der Waals surface area contributed by atoms with Gasteiger partial charge >= 0.3 is 0 Å². The lowest BCUT2D eigenvalue weighted by molar-refractivity contribution is 0.112. The zero-order chi connectivity index (χ0) is 29.1. The molecule has 1 aliphatic carbocycles. The Labute approximate surface area is 247 Å². The van der Waals surface area contributed by atoms with Crippen LogP contribution in [0.15, 0.2) is 67.0 Å². The van der Waals surface area contributed by atoms with E-state index in [9.17, 15) is 4.79 Å². The average molecular weight is 566 g/mol. The third-order valence-corrected chi connectivity index (χ3v) is 8.77. The Morgan fingerprint density at radius 1 is 0.881 bits per heavy atom. The minimum Gasteiger partial charge on any atom is -0.497 e. The number of aromatic nitrogens is 2. The summed E-state index contributed by atoms with van der Waals surface area (Å²) in [7, 11) is 3.32. The number of hydrogen-bond acceptors (Lipinski definition) is 6. The Bertz CT molecular complexity index is 1520. The SMILES string of the molecule is COc1ccc(-c2cc(C=O)c(-c3cnn(C4CCC4)c3)c(-c3ccc(OC)cc3)c2OC(C)C2CCCCN2)cc1. The second kappa shape index (κ2) is 12.4. The summed E-state index contributed by atoms with van der Waals surface area (Å²) in [5.74, 6) is 2.29. The van der Waals surface area contributed by atoms with Crippen LogP contribution in [0.2, 0.25) is 0 Å². The highest BCUT2D eigenvalue weighted by molar-refractivity contribution is 6.02. The number of carbonyl (C=O) groups is 1. The summed E-state index contributed by atoms with van der Waals surface area (Å²) in [6.45, 7) is 3.13. The van der Waals surface area contributed by atoms with Crippen molar-refractivity contribution in [2.75, 3.05) is 20.8 Å². The van der Waals surface area contributed by atoms with Crippen LogP contribution in [0.25, 0.3) is 33.4 Å². The van der Waals surface area contributed by atoms with E-state index in [4.69, 9.17) is 19.3 Å². The van der Waals surface area contributed by atoms with Crippen molar-refractivity contribution in [3.63, 3.8) is 0 Å².